The lowest BCUT2D eigenvalue weighted by atomic mass is 10.1. The van der Waals surface area contributed by atoms with Crippen LogP contribution in [0, 0.1) is 6.92 Å². The molecule has 3 aromatic rings. The van der Waals surface area contributed by atoms with Gasteiger partial charge in [-0.15, -0.1) is 0 Å². The lowest BCUT2D eigenvalue weighted by molar-refractivity contribution is 0.110. The van der Waals surface area contributed by atoms with Gasteiger partial charge < -0.3 is 9.64 Å². The molecule has 0 aliphatic carbocycles. The van der Waals surface area contributed by atoms with Gasteiger partial charge in [0.1, 0.15) is 5.75 Å². The fraction of sp³-hybridized carbons (Fsp3) is 0.346. The van der Waals surface area contributed by atoms with E-state index in [1.54, 1.807) is 4.90 Å². The van der Waals surface area contributed by atoms with E-state index in [4.69, 9.17) is 4.74 Å². The summed E-state index contributed by atoms with van der Waals surface area (Å²) < 4.78 is 5.60. The number of aryl methyl sites for hydroxylation is 2. The molecule has 6 nitrogen and oxygen atoms in total. The Kier molecular flexibility index (Phi) is 7.46. The van der Waals surface area contributed by atoms with Crippen LogP contribution in [0.4, 0.5) is 4.79 Å². The Balaban J connectivity index is 1.19. The lowest BCUT2D eigenvalue weighted by Gasteiger charge is -2.34. The molecule has 0 unspecified atom stereocenters. The minimum Gasteiger partial charge on any atom is -0.410 e. The Bertz CT molecular complexity index is 1000. The van der Waals surface area contributed by atoms with Crippen molar-refractivity contribution < 1.29 is 9.53 Å². The number of pyridine rings is 2. The van der Waals surface area contributed by atoms with Gasteiger partial charge in [0, 0.05) is 56.4 Å². The largest absolute Gasteiger partial charge is 0.415 e. The zero-order chi connectivity index (χ0) is 22.2. The van der Waals surface area contributed by atoms with Crippen LogP contribution >= 0.6 is 0 Å². The summed E-state index contributed by atoms with van der Waals surface area (Å²) >= 11 is 0. The maximum Gasteiger partial charge on any atom is 0.415 e. The summed E-state index contributed by atoms with van der Waals surface area (Å²) in [5.41, 5.74) is 4.52. The Morgan fingerprint density at radius 3 is 2.44 bits per heavy atom. The highest BCUT2D eigenvalue weighted by molar-refractivity contribution is 5.70. The van der Waals surface area contributed by atoms with E-state index in [2.05, 4.69) is 33.9 Å². The third-order valence-corrected chi connectivity index (χ3v) is 5.88. The molecule has 1 aromatic carbocycles. The van der Waals surface area contributed by atoms with Gasteiger partial charge in [-0.25, -0.2) is 4.79 Å². The van der Waals surface area contributed by atoms with E-state index < -0.39 is 0 Å². The second-order valence-corrected chi connectivity index (χ2v) is 8.21. The number of hydrogen-bond acceptors (Lipinski definition) is 5. The zero-order valence-electron chi connectivity index (χ0n) is 18.6. The van der Waals surface area contributed by atoms with Crippen molar-refractivity contribution in [3.05, 3.63) is 89.5 Å². The van der Waals surface area contributed by atoms with Crippen molar-refractivity contribution in [2.75, 3.05) is 32.7 Å². The van der Waals surface area contributed by atoms with Gasteiger partial charge in [-0.05, 0) is 67.8 Å². The Morgan fingerprint density at radius 1 is 0.938 bits per heavy atom. The molecule has 3 heterocycles. The van der Waals surface area contributed by atoms with Crippen molar-refractivity contribution in [2.24, 2.45) is 0 Å². The summed E-state index contributed by atoms with van der Waals surface area (Å²) in [7, 11) is 0. The average Bonchev–Trinajstić information content (AvgIpc) is 2.83. The molecule has 4 rings (SSSR count). The zero-order valence-corrected chi connectivity index (χ0v) is 18.6. The average molecular weight is 431 g/mol. The molecule has 1 amide bonds. The molecule has 6 heteroatoms. The van der Waals surface area contributed by atoms with E-state index in [9.17, 15) is 4.79 Å². The topological polar surface area (TPSA) is 58.6 Å². The number of hydrogen-bond donors (Lipinski definition) is 0. The van der Waals surface area contributed by atoms with E-state index in [1.807, 2.05) is 54.9 Å². The highest BCUT2D eigenvalue weighted by atomic mass is 16.6. The number of rotatable bonds is 7. The molecule has 0 radical (unpaired) electrons. The molecule has 0 spiro atoms. The van der Waals surface area contributed by atoms with Crippen LogP contribution in [0.15, 0.2) is 67.0 Å². The van der Waals surface area contributed by atoms with Gasteiger partial charge in [0.2, 0.25) is 0 Å². The van der Waals surface area contributed by atoms with Crippen molar-refractivity contribution in [3.63, 3.8) is 0 Å². The number of ether oxygens (including phenoxy) is 1. The SMILES string of the molecule is Cc1cccnc1Cc1ccc(OC(=O)N2CCN(CCCc3ccccn3)CC2)cc1. The summed E-state index contributed by atoms with van der Waals surface area (Å²) in [6.45, 7) is 6.23. The number of amides is 1. The number of piperazine rings is 1. The van der Waals surface area contributed by atoms with Gasteiger partial charge in [-0.2, -0.15) is 0 Å². The van der Waals surface area contributed by atoms with Crippen molar-refractivity contribution in [1.82, 2.24) is 19.8 Å². The van der Waals surface area contributed by atoms with Crippen LogP contribution in [-0.2, 0) is 12.8 Å². The van der Waals surface area contributed by atoms with E-state index in [1.165, 1.54) is 5.56 Å². The molecular formula is C26H30N4O2. The van der Waals surface area contributed by atoms with Gasteiger partial charge in [0.15, 0.2) is 0 Å². The first-order valence-corrected chi connectivity index (χ1v) is 11.3. The van der Waals surface area contributed by atoms with E-state index in [-0.39, 0.29) is 6.09 Å². The maximum absolute atomic E-state index is 12.6. The van der Waals surface area contributed by atoms with Crippen molar-refractivity contribution in [1.29, 1.82) is 0 Å². The van der Waals surface area contributed by atoms with Crippen LogP contribution in [-0.4, -0.2) is 58.6 Å². The van der Waals surface area contributed by atoms with Crippen molar-refractivity contribution >= 4 is 6.09 Å². The molecular weight excluding hydrogens is 400 g/mol. The summed E-state index contributed by atoms with van der Waals surface area (Å²) in [4.78, 5) is 25.6. The van der Waals surface area contributed by atoms with Crippen LogP contribution < -0.4 is 4.74 Å². The molecule has 2 aromatic heterocycles. The van der Waals surface area contributed by atoms with E-state index in [0.717, 1.165) is 55.8 Å². The van der Waals surface area contributed by atoms with E-state index >= 15 is 0 Å². The first kappa shape index (κ1) is 22.0. The second-order valence-electron chi connectivity index (χ2n) is 8.21. The molecule has 1 aliphatic heterocycles. The monoisotopic (exact) mass is 430 g/mol. The first-order chi connectivity index (χ1) is 15.7. The van der Waals surface area contributed by atoms with Crippen LogP contribution in [0.3, 0.4) is 0 Å². The van der Waals surface area contributed by atoms with Crippen LogP contribution in [0.1, 0.15) is 28.9 Å². The Labute approximate surface area is 189 Å². The summed E-state index contributed by atoms with van der Waals surface area (Å²) in [6, 6.07) is 17.8. The van der Waals surface area contributed by atoms with Gasteiger partial charge in [-0.1, -0.05) is 24.3 Å². The minimum absolute atomic E-state index is 0.272. The Morgan fingerprint density at radius 2 is 1.72 bits per heavy atom. The quantitative estimate of drug-likeness (QED) is 0.564. The van der Waals surface area contributed by atoms with Crippen LogP contribution in [0.2, 0.25) is 0 Å². The minimum atomic E-state index is -0.272. The highest BCUT2D eigenvalue weighted by Gasteiger charge is 2.22. The van der Waals surface area contributed by atoms with Gasteiger partial charge in [0.25, 0.3) is 0 Å². The Hall–Kier alpha value is -3.25. The molecule has 1 saturated heterocycles. The molecule has 0 bridgehead atoms. The number of benzene rings is 1. The smallest absolute Gasteiger partial charge is 0.410 e. The molecule has 0 saturated carbocycles. The second kappa shape index (κ2) is 10.9. The van der Waals surface area contributed by atoms with Crippen molar-refractivity contribution in [3.8, 4) is 5.75 Å². The van der Waals surface area contributed by atoms with Gasteiger partial charge in [-0.3, -0.25) is 14.9 Å². The lowest BCUT2D eigenvalue weighted by Crippen LogP contribution is -2.49. The third-order valence-electron chi connectivity index (χ3n) is 5.88. The first-order valence-electron chi connectivity index (χ1n) is 11.3. The third kappa shape index (κ3) is 6.14. The maximum atomic E-state index is 12.6. The summed E-state index contributed by atoms with van der Waals surface area (Å²) in [6.07, 6.45) is 6.22. The predicted octanol–water partition coefficient (Wildman–Crippen LogP) is 4.13. The molecule has 166 valence electrons. The normalized spacial score (nSPS) is 14.3. The number of aromatic nitrogens is 2. The predicted molar refractivity (Wildman–Crippen MR) is 125 cm³/mol. The summed E-state index contributed by atoms with van der Waals surface area (Å²) in [5.74, 6) is 0.578. The van der Waals surface area contributed by atoms with Crippen LogP contribution in [0.5, 0.6) is 5.75 Å². The number of nitrogens with zero attached hydrogens (tertiary/aromatic N) is 4. The van der Waals surface area contributed by atoms with Crippen molar-refractivity contribution in [2.45, 2.75) is 26.2 Å². The van der Waals surface area contributed by atoms with E-state index in [0.29, 0.717) is 18.8 Å². The molecule has 32 heavy (non-hydrogen) atoms. The molecule has 1 fully saturated rings. The van der Waals surface area contributed by atoms with Gasteiger partial charge in [0.05, 0.1) is 0 Å². The molecule has 1 aliphatic rings. The fourth-order valence-electron chi connectivity index (χ4n) is 3.92. The standard InChI is InChI=1S/C26H30N4O2/c1-21-6-4-14-28-25(21)20-22-9-11-24(12-10-22)32-26(31)30-18-16-29(17-19-30)15-5-8-23-7-2-3-13-27-23/h2-4,6-7,9-14H,5,8,15-20H2,1H3. The molecule has 0 N–H and O–H groups in total. The number of carbonyl (C=O) groups is 1. The molecule has 0 atom stereocenters. The number of carbonyl (C=O) groups excluding carboxylic acids is 1. The van der Waals surface area contributed by atoms with Crippen LogP contribution in [0.25, 0.3) is 0 Å². The fourth-order valence-corrected chi connectivity index (χ4v) is 3.92. The van der Waals surface area contributed by atoms with Gasteiger partial charge >= 0.3 is 6.09 Å². The summed E-state index contributed by atoms with van der Waals surface area (Å²) in [5, 5.41) is 0. The highest BCUT2D eigenvalue weighted by Crippen LogP contribution is 2.17.